The first kappa shape index (κ1) is 12.1. The van der Waals surface area contributed by atoms with Gasteiger partial charge in [0.15, 0.2) is 0 Å². The summed E-state index contributed by atoms with van der Waals surface area (Å²) in [5.41, 5.74) is 2.25. The maximum atomic E-state index is 6.19. The summed E-state index contributed by atoms with van der Waals surface area (Å²) in [6.45, 7) is 3.40. The highest BCUT2D eigenvalue weighted by atomic mass is 35.5. The Hall–Kier alpha value is -0.400. The quantitative estimate of drug-likeness (QED) is 0.723. The Morgan fingerprint density at radius 2 is 2.25 bits per heavy atom. The van der Waals surface area contributed by atoms with Gasteiger partial charge in [0.25, 0.3) is 0 Å². The summed E-state index contributed by atoms with van der Waals surface area (Å²) in [5, 5.41) is 0.786. The SMILES string of the molecule is CCC1CCCN1c1ccc(CCl)c(Cl)c1. The van der Waals surface area contributed by atoms with E-state index in [4.69, 9.17) is 23.2 Å². The summed E-state index contributed by atoms with van der Waals surface area (Å²) < 4.78 is 0. The predicted molar refractivity (Wildman–Crippen MR) is 71.7 cm³/mol. The Balaban J connectivity index is 2.23. The lowest BCUT2D eigenvalue weighted by Crippen LogP contribution is -2.28. The summed E-state index contributed by atoms with van der Waals surface area (Å²) in [4.78, 5) is 2.46. The number of halogens is 2. The van der Waals surface area contributed by atoms with Crippen molar-refractivity contribution in [2.75, 3.05) is 11.4 Å². The van der Waals surface area contributed by atoms with Gasteiger partial charge in [-0.15, -0.1) is 11.6 Å². The van der Waals surface area contributed by atoms with E-state index in [1.54, 1.807) is 0 Å². The Bertz CT molecular complexity index is 365. The van der Waals surface area contributed by atoms with Crippen LogP contribution in [0.1, 0.15) is 31.7 Å². The standard InChI is InChI=1S/C13H17Cl2N/c1-2-11-4-3-7-16(11)12-6-5-10(9-14)13(15)8-12/h5-6,8,11H,2-4,7,9H2,1H3. The molecule has 0 saturated carbocycles. The van der Waals surface area contributed by atoms with Gasteiger partial charge in [0, 0.05) is 29.2 Å². The molecule has 88 valence electrons. The Kier molecular flexibility index (Phi) is 3.99. The van der Waals surface area contributed by atoms with Crippen LogP contribution in [-0.2, 0) is 5.88 Å². The van der Waals surface area contributed by atoms with Crippen molar-refractivity contribution in [2.24, 2.45) is 0 Å². The average molecular weight is 258 g/mol. The minimum Gasteiger partial charge on any atom is -0.369 e. The zero-order valence-corrected chi connectivity index (χ0v) is 11.1. The molecule has 2 rings (SSSR count). The Morgan fingerprint density at radius 1 is 1.44 bits per heavy atom. The highest BCUT2D eigenvalue weighted by Crippen LogP contribution is 2.30. The number of hydrogen-bond donors (Lipinski definition) is 0. The van der Waals surface area contributed by atoms with Crippen LogP contribution in [0.15, 0.2) is 18.2 Å². The van der Waals surface area contributed by atoms with Crippen LogP contribution in [0, 0.1) is 0 Å². The number of anilines is 1. The van der Waals surface area contributed by atoms with Crippen molar-refractivity contribution < 1.29 is 0 Å². The average Bonchev–Trinajstić information content (AvgIpc) is 2.77. The normalized spacial score (nSPS) is 20.4. The molecule has 1 saturated heterocycles. The van der Waals surface area contributed by atoms with Gasteiger partial charge in [0.1, 0.15) is 0 Å². The molecule has 0 radical (unpaired) electrons. The van der Waals surface area contributed by atoms with Gasteiger partial charge in [-0.05, 0) is 37.0 Å². The molecule has 3 heteroatoms. The molecule has 1 aliphatic rings. The maximum Gasteiger partial charge on any atom is 0.0488 e. The lowest BCUT2D eigenvalue weighted by Gasteiger charge is -2.26. The molecule has 1 aromatic carbocycles. The van der Waals surface area contributed by atoms with Crippen LogP contribution in [0.3, 0.4) is 0 Å². The van der Waals surface area contributed by atoms with E-state index in [1.165, 1.54) is 24.9 Å². The molecule has 0 bridgehead atoms. The van der Waals surface area contributed by atoms with Crippen molar-refractivity contribution in [1.29, 1.82) is 0 Å². The highest BCUT2D eigenvalue weighted by molar-refractivity contribution is 6.32. The van der Waals surface area contributed by atoms with Crippen LogP contribution in [-0.4, -0.2) is 12.6 Å². The minimum atomic E-state index is 0.482. The second-order valence-corrected chi connectivity index (χ2v) is 4.98. The first-order valence-electron chi connectivity index (χ1n) is 5.87. The van der Waals surface area contributed by atoms with Gasteiger partial charge < -0.3 is 4.90 Å². The summed E-state index contributed by atoms with van der Waals surface area (Å²) >= 11 is 12.0. The third-order valence-electron chi connectivity index (χ3n) is 3.36. The van der Waals surface area contributed by atoms with Crippen LogP contribution in [0.4, 0.5) is 5.69 Å². The van der Waals surface area contributed by atoms with E-state index in [0.717, 1.165) is 17.1 Å². The fourth-order valence-electron chi connectivity index (χ4n) is 2.42. The van der Waals surface area contributed by atoms with Gasteiger partial charge in [0.2, 0.25) is 0 Å². The first-order chi connectivity index (χ1) is 7.76. The van der Waals surface area contributed by atoms with E-state index in [-0.39, 0.29) is 0 Å². The van der Waals surface area contributed by atoms with Gasteiger partial charge >= 0.3 is 0 Å². The van der Waals surface area contributed by atoms with Crippen molar-refractivity contribution in [3.63, 3.8) is 0 Å². The summed E-state index contributed by atoms with van der Waals surface area (Å²) in [7, 11) is 0. The highest BCUT2D eigenvalue weighted by Gasteiger charge is 2.23. The number of nitrogens with zero attached hydrogens (tertiary/aromatic N) is 1. The summed E-state index contributed by atoms with van der Waals surface area (Å²) in [6.07, 6.45) is 3.79. The molecule has 1 atom stereocenters. The summed E-state index contributed by atoms with van der Waals surface area (Å²) in [5.74, 6) is 0.482. The van der Waals surface area contributed by atoms with Crippen LogP contribution < -0.4 is 4.90 Å². The van der Waals surface area contributed by atoms with E-state index in [9.17, 15) is 0 Å². The molecule has 16 heavy (non-hydrogen) atoms. The fraction of sp³-hybridized carbons (Fsp3) is 0.538. The van der Waals surface area contributed by atoms with Gasteiger partial charge in [0.05, 0.1) is 0 Å². The smallest absolute Gasteiger partial charge is 0.0488 e. The van der Waals surface area contributed by atoms with Crippen LogP contribution >= 0.6 is 23.2 Å². The maximum absolute atomic E-state index is 6.19. The van der Waals surface area contributed by atoms with Gasteiger partial charge in [-0.25, -0.2) is 0 Å². The number of rotatable bonds is 3. The minimum absolute atomic E-state index is 0.482. The van der Waals surface area contributed by atoms with Crippen molar-refractivity contribution in [3.05, 3.63) is 28.8 Å². The molecule has 1 fully saturated rings. The topological polar surface area (TPSA) is 3.24 Å². The number of alkyl halides is 1. The second-order valence-electron chi connectivity index (χ2n) is 4.31. The summed E-state index contributed by atoms with van der Waals surface area (Å²) in [6, 6.07) is 6.90. The zero-order chi connectivity index (χ0) is 11.5. The number of benzene rings is 1. The molecule has 1 unspecified atom stereocenters. The molecule has 1 aliphatic heterocycles. The monoisotopic (exact) mass is 257 g/mol. The van der Waals surface area contributed by atoms with E-state index in [2.05, 4.69) is 17.9 Å². The van der Waals surface area contributed by atoms with Crippen LogP contribution in [0.5, 0.6) is 0 Å². The second kappa shape index (κ2) is 5.29. The molecule has 0 aromatic heterocycles. The van der Waals surface area contributed by atoms with Crippen molar-refractivity contribution in [2.45, 2.75) is 38.1 Å². The Labute approximate surface area is 107 Å². The van der Waals surface area contributed by atoms with Crippen molar-refractivity contribution >= 4 is 28.9 Å². The predicted octanol–water partition coefficient (Wildman–Crippen LogP) is 4.46. The largest absolute Gasteiger partial charge is 0.369 e. The van der Waals surface area contributed by atoms with Crippen molar-refractivity contribution in [1.82, 2.24) is 0 Å². The van der Waals surface area contributed by atoms with Gasteiger partial charge in [-0.3, -0.25) is 0 Å². The molecule has 1 aromatic rings. The first-order valence-corrected chi connectivity index (χ1v) is 6.78. The molecular weight excluding hydrogens is 241 g/mol. The number of hydrogen-bond acceptors (Lipinski definition) is 1. The molecule has 0 spiro atoms. The molecule has 1 nitrogen and oxygen atoms in total. The fourth-order valence-corrected chi connectivity index (χ4v) is 2.97. The lowest BCUT2D eigenvalue weighted by atomic mass is 10.1. The van der Waals surface area contributed by atoms with Gasteiger partial charge in [-0.1, -0.05) is 24.6 Å². The Morgan fingerprint density at radius 3 is 2.88 bits per heavy atom. The van der Waals surface area contributed by atoms with Crippen LogP contribution in [0.2, 0.25) is 5.02 Å². The third kappa shape index (κ3) is 2.31. The van der Waals surface area contributed by atoms with Crippen LogP contribution in [0.25, 0.3) is 0 Å². The van der Waals surface area contributed by atoms with E-state index in [1.807, 2.05) is 12.1 Å². The van der Waals surface area contributed by atoms with E-state index < -0.39 is 0 Å². The molecule has 1 heterocycles. The van der Waals surface area contributed by atoms with Crippen molar-refractivity contribution in [3.8, 4) is 0 Å². The lowest BCUT2D eigenvalue weighted by molar-refractivity contribution is 0.645. The molecule has 0 amide bonds. The molecule has 0 N–H and O–H groups in total. The van der Waals surface area contributed by atoms with E-state index in [0.29, 0.717) is 11.9 Å². The van der Waals surface area contributed by atoms with Gasteiger partial charge in [-0.2, -0.15) is 0 Å². The molecular formula is C13H17Cl2N. The third-order valence-corrected chi connectivity index (χ3v) is 4.00. The zero-order valence-electron chi connectivity index (χ0n) is 9.55. The van der Waals surface area contributed by atoms with E-state index >= 15 is 0 Å². The molecule has 0 aliphatic carbocycles.